The predicted octanol–water partition coefficient (Wildman–Crippen LogP) is -2.15. The van der Waals surface area contributed by atoms with Gasteiger partial charge in [0.05, 0.1) is 25.5 Å². The van der Waals surface area contributed by atoms with Crippen LogP contribution in [0.15, 0.2) is 31.5 Å². The quantitative estimate of drug-likeness (QED) is 0.196. The van der Waals surface area contributed by atoms with E-state index in [0.29, 0.717) is 5.52 Å². The van der Waals surface area contributed by atoms with Crippen LogP contribution >= 0.6 is 7.82 Å². The second-order valence-electron chi connectivity index (χ2n) is 9.71. The molecule has 3 aliphatic rings. The molecule has 230 valence electrons. The van der Waals surface area contributed by atoms with Gasteiger partial charge in [0.2, 0.25) is 0 Å². The van der Waals surface area contributed by atoms with E-state index >= 15 is 4.39 Å². The second kappa shape index (κ2) is 10.4. The van der Waals surface area contributed by atoms with Gasteiger partial charge >= 0.3 is 10.3 Å². The van der Waals surface area contributed by atoms with Crippen molar-refractivity contribution in [3.8, 4) is 0 Å². The molecule has 4 N–H and O–H groups in total. The smallest absolute Gasteiger partial charge is 0.336 e. The fraction of sp³-hybridized carbons (Fsp3) is 0.500. The van der Waals surface area contributed by atoms with Crippen molar-refractivity contribution in [2.75, 3.05) is 18.9 Å². The van der Waals surface area contributed by atoms with E-state index in [1.807, 2.05) is 0 Å². The van der Waals surface area contributed by atoms with Crippen LogP contribution in [0, 0.1) is 0 Å². The maximum Gasteiger partial charge on any atom is 0.336 e. The van der Waals surface area contributed by atoms with Gasteiger partial charge in [-0.1, -0.05) is 0 Å². The molecule has 3 aliphatic heterocycles. The molecule has 4 aromatic rings. The molecule has 43 heavy (non-hydrogen) atoms. The van der Waals surface area contributed by atoms with Gasteiger partial charge in [0.15, 0.2) is 41.8 Å². The molecule has 0 saturated carbocycles. The summed E-state index contributed by atoms with van der Waals surface area (Å²) in [6.45, 7) is -1.55. The van der Waals surface area contributed by atoms with Crippen LogP contribution in [-0.4, -0.2) is 102 Å². The zero-order chi connectivity index (χ0) is 30.1. The van der Waals surface area contributed by atoms with Gasteiger partial charge in [-0.25, -0.2) is 38.5 Å². The van der Waals surface area contributed by atoms with Crippen molar-refractivity contribution in [3.63, 3.8) is 0 Å². The van der Waals surface area contributed by atoms with Crippen molar-refractivity contribution in [2.24, 2.45) is 0 Å². The SMILES string of the molecule is Nc1ncnc2c1ncn2[C@@H]1O[C@@H]2CNS(=O)(=O)O[C@@H]3[C@H](O)[C@@H](COP(=O)([O-])O[C@H]2[C@H]1F)O[C@H]3n1cnc2cncnc21. The van der Waals surface area contributed by atoms with Gasteiger partial charge in [0.25, 0.3) is 7.82 Å². The summed E-state index contributed by atoms with van der Waals surface area (Å²) in [6.07, 6.45) is -7.16. The highest BCUT2D eigenvalue weighted by Crippen LogP contribution is 2.47. The van der Waals surface area contributed by atoms with Gasteiger partial charge in [-0.2, -0.15) is 13.1 Å². The highest BCUT2D eigenvalue weighted by molar-refractivity contribution is 7.84. The van der Waals surface area contributed by atoms with E-state index in [4.69, 9.17) is 28.4 Å². The number of imidazole rings is 2. The summed E-state index contributed by atoms with van der Waals surface area (Å²) < 4.78 is 86.2. The van der Waals surface area contributed by atoms with Crippen molar-refractivity contribution in [2.45, 2.75) is 49.1 Å². The van der Waals surface area contributed by atoms with E-state index < -0.39 is 80.4 Å². The minimum atomic E-state index is -5.32. The molecule has 2 bridgehead atoms. The average molecular weight is 643 g/mol. The second-order valence-corrected chi connectivity index (χ2v) is 12.5. The van der Waals surface area contributed by atoms with Gasteiger partial charge in [-0.3, -0.25) is 13.7 Å². The lowest BCUT2D eigenvalue weighted by molar-refractivity contribution is -0.235. The normalized spacial score (nSPS) is 36.6. The number of fused-ring (bicyclic) bond motifs is 5. The number of hydrogen-bond acceptors (Lipinski definition) is 17. The largest absolute Gasteiger partial charge is 0.756 e. The Morgan fingerprint density at radius 3 is 2.63 bits per heavy atom. The predicted molar refractivity (Wildman–Crippen MR) is 134 cm³/mol. The van der Waals surface area contributed by atoms with E-state index in [1.165, 1.54) is 23.4 Å². The molecule has 3 saturated heterocycles. The van der Waals surface area contributed by atoms with Gasteiger partial charge in [0, 0.05) is 6.54 Å². The zero-order valence-electron chi connectivity index (χ0n) is 21.4. The van der Waals surface area contributed by atoms with Crippen LogP contribution in [0.2, 0.25) is 0 Å². The number of anilines is 1. The monoisotopic (exact) mass is 643 g/mol. The summed E-state index contributed by atoms with van der Waals surface area (Å²) in [4.78, 5) is 36.8. The number of aromatic nitrogens is 8. The molecule has 1 unspecified atom stereocenters. The highest BCUT2D eigenvalue weighted by atomic mass is 32.2. The number of hydrogen-bond donors (Lipinski definition) is 3. The molecule has 9 atom stereocenters. The van der Waals surface area contributed by atoms with E-state index in [0.717, 1.165) is 17.2 Å². The molecule has 7 rings (SSSR count). The van der Waals surface area contributed by atoms with Gasteiger partial charge < -0.3 is 34.3 Å². The Balaban J connectivity index is 1.20. The molecule has 3 fully saturated rings. The van der Waals surface area contributed by atoms with Gasteiger partial charge in [-0.05, 0) is 0 Å². The van der Waals surface area contributed by atoms with Crippen LogP contribution in [-0.2, 0) is 37.6 Å². The van der Waals surface area contributed by atoms with Crippen LogP contribution in [0.25, 0.3) is 22.3 Å². The van der Waals surface area contributed by atoms with Crippen LogP contribution < -0.4 is 15.3 Å². The molecule has 23 heteroatoms. The summed E-state index contributed by atoms with van der Waals surface area (Å²) in [5.74, 6) is 0.00630. The van der Waals surface area contributed by atoms with Gasteiger partial charge in [-0.15, -0.1) is 0 Å². The number of nitrogen functional groups attached to an aromatic ring is 1. The maximum absolute atomic E-state index is 15.8. The standard InChI is InChI=1S/C20H22FN10O10PS/c21-11-14-9(38-19(11)31-7-28-12-16(22)24-5-26-18(12)31)2-29-43(35,36)41-15-13(32)10(3-37-42(33,34)40-14)39-20(15)30-6-27-8-1-23-4-25-17(8)30/h1,4-7,9-11,13-15,19-20,29,32H,2-3H2,(H,33,34)(H2,22,24,26)/p-1/t9-,10-,11-,13-,14-,15-,19-,20-/m1/s1. The minimum absolute atomic E-state index is 0.00630. The van der Waals surface area contributed by atoms with Crippen LogP contribution in [0.3, 0.4) is 0 Å². The Morgan fingerprint density at radius 1 is 1.05 bits per heavy atom. The Hall–Kier alpha value is -3.31. The number of aliphatic hydroxyl groups is 1. The lowest BCUT2D eigenvalue weighted by Crippen LogP contribution is -2.43. The van der Waals surface area contributed by atoms with E-state index in [9.17, 15) is 23.0 Å². The minimum Gasteiger partial charge on any atom is -0.756 e. The van der Waals surface area contributed by atoms with Crippen molar-refractivity contribution >= 4 is 46.3 Å². The van der Waals surface area contributed by atoms with E-state index in [1.54, 1.807) is 0 Å². The molecule has 0 aromatic carbocycles. The number of aliphatic hydroxyl groups excluding tert-OH is 1. The number of rotatable bonds is 2. The fourth-order valence-electron chi connectivity index (χ4n) is 5.13. The molecule has 4 aromatic heterocycles. The molecule has 0 spiro atoms. The summed E-state index contributed by atoms with van der Waals surface area (Å²) >= 11 is 0. The summed E-state index contributed by atoms with van der Waals surface area (Å²) in [5, 5.41) is 10.9. The van der Waals surface area contributed by atoms with Gasteiger partial charge in [0.1, 0.15) is 48.1 Å². The Morgan fingerprint density at radius 2 is 1.79 bits per heavy atom. The van der Waals surface area contributed by atoms with Crippen LogP contribution in [0.5, 0.6) is 0 Å². The molecule has 0 aliphatic carbocycles. The number of halogens is 1. The first-order valence-electron chi connectivity index (χ1n) is 12.5. The highest BCUT2D eigenvalue weighted by Gasteiger charge is 2.52. The lowest BCUT2D eigenvalue weighted by Gasteiger charge is -2.30. The zero-order valence-corrected chi connectivity index (χ0v) is 23.1. The number of ether oxygens (including phenoxy) is 2. The molecular formula is C20H21FN10O10PS-. The Bertz CT molecular complexity index is 1850. The molecular weight excluding hydrogens is 622 g/mol. The third kappa shape index (κ3) is 5.04. The van der Waals surface area contributed by atoms with Crippen molar-refractivity contribution in [3.05, 3.63) is 31.5 Å². The fourth-order valence-corrected chi connectivity index (χ4v) is 7.01. The number of alkyl halides is 1. The third-order valence-electron chi connectivity index (χ3n) is 7.10. The van der Waals surface area contributed by atoms with E-state index in [2.05, 4.69) is 34.6 Å². The first-order valence-corrected chi connectivity index (χ1v) is 15.4. The topological polar surface area (TPSA) is 266 Å². The molecule has 0 amide bonds. The first-order chi connectivity index (χ1) is 20.5. The van der Waals surface area contributed by atoms with Crippen LogP contribution in [0.4, 0.5) is 10.2 Å². The maximum atomic E-state index is 15.8. The van der Waals surface area contributed by atoms with Crippen molar-refractivity contribution in [1.29, 1.82) is 0 Å². The number of nitrogens with zero attached hydrogens (tertiary/aromatic N) is 8. The van der Waals surface area contributed by atoms with Crippen molar-refractivity contribution < 1.29 is 50.1 Å². The Kier molecular flexibility index (Phi) is 6.88. The number of nitrogens with one attached hydrogen (secondary N) is 1. The summed E-state index contributed by atoms with van der Waals surface area (Å²) in [6, 6.07) is 0. The number of phosphoric acid groups is 1. The summed E-state index contributed by atoms with van der Waals surface area (Å²) in [5.41, 5.74) is 6.55. The number of phosphoric ester groups is 1. The molecule has 7 heterocycles. The van der Waals surface area contributed by atoms with Crippen LogP contribution in [0.1, 0.15) is 12.5 Å². The molecule has 20 nitrogen and oxygen atoms in total. The first kappa shape index (κ1) is 28.5. The van der Waals surface area contributed by atoms with E-state index in [-0.39, 0.29) is 22.6 Å². The average Bonchev–Trinajstić information content (AvgIpc) is 3.72. The Labute approximate surface area is 239 Å². The lowest BCUT2D eigenvalue weighted by atomic mass is 10.1. The third-order valence-corrected chi connectivity index (χ3v) is 9.06. The molecule has 0 radical (unpaired) electrons. The van der Waals surface area contributed by atoms with Crippen molar-refractivity contribution in [1.82, 2.24) is 43.8 Å². The number of nitrogens with two attached hydrogens (primary N) is 1. The summed E-state index contributed by atoms with van der Waals surface area (Å²) in [7, 11) is -10.0.